The molecule has 0 bridgehead atoms. The molecule has 1 fully saturated rings. The van der Waals surface area contributed by atoms with Gasteiger partial charge in [-0.25, -0.2) is 0 Å². The number of rotatable bonds is 4. The number of carbonyl (C=O) groups is 3. The van der Waals surface area contributed by atoms with Gasteiger partial charge in [-0.05, 0) is 24.6 Å². The molecule has 1 unspecified atom stereocenters. The van der Waals surface area contributed by atoms with Gasteiger partial charge >= 0.3 is 6.18 Å². The third-order valence-electron chi connectivity index (χ3n) is 3.77. The highest BCUT2D eigenvalue weighted by Crippen LogP contribution is 2.26. The van der Waals surface area contributed by atoms with Crippen molar-refractivity contribution in [1.29, 1.82) is 0 Å². The molecule has 1 aromatic rings. The number of likely N-dealkylation sites (tertiary alicyclic amines) is 1. The van der Waals surface area contributed by atoms with Gasteiger partial charge in [-0.3, -0.25) is 14.4 Å². The quantitative estimate of drug-likeness (QED) is 0.868. The molecular weight excluding hydrogens is 339 g/mol. The van der Waals surface area contributed by atoms with Crippen LogP contribution in [0.4, 0.5) is 24.5 Å². The zero-order chi connectivity index (χ0) is 18.8. The van der Waals surface area contributed by atoms with Crippen molar-refractivity contribution in [3.63, 3.8) is 0 Å². The lowest BCUT2D eigenvalue weighted by molar-refractivity contribution is -0.157. The topological polar surface area (TPSA) is 78.5 Å². The van der Waals surface area contributed by atoms with Gasteiger partial charge in [0.2, 0.25) is 17.7 Å². The number of hydrogen-bond donors (Lipinski definition) is 2. The standard InChI is InChI=1S/C16H18F3N3O3/c1-9-3-4-12(20-10(2)23)6-13(9)21-15(25)11-5-14(24)22(7-11)8-16(17,18)19/h3-4,6,11H,5,7-8H2,1-2H3,(H,20,23)(H,21,25). The van der Waals surface area contributed by atoms with Gasteiger partial charge in [-0.15, -0.1) is 0 Å². The Morgan fingerprint density at radius 2 is 1.96 bits per heavy atom. The van der Waals surface area contributed by atoms with E-state index in [9.17, 15) is 27.6 Å². The second-order valence-electron chi connectivity index (χ2n) is 5.99. The summed E-state index contributed by atoms with van der Waals surface area (Å²) in [5.41, 5.74) is 1.63. The second-order valence-corrected chi connectivity index (χ2v) is 5.99. The van der Waals surface area contributed by atoms with Crippen LogP contribution in [-0.4, -0.2) is 41.9 Å². The Morgan fingerprint density at radius 3 is 2.56 bits per heavy atom. The zero-order valence-electron chi connectivity index (χ0n) is 13.7. The van der Waals surface area contributed by atoms with Gasteiger partial charge in [0.15, 0.2) is 0 Å². The summed E-state index contributed by atoms with van der Waals surface area (Å²) in [5, 5.41) is 5.20. The van der Waals surface area contributed by atoms with Crippen molar-refractivity contribution in [2.24, 2.45) is 5.92 Å². The molecule has 9 heteroatoms. The number of halogens is 3. The van der Waals surface area contributed by atoms with Crippen LogP contribution in [0.25, 0.3) is 0 Å². The summed E-state index contributed by atoms with van der Waals surface area (Å²) in [6.07, 6.45) is -4.75. The molecule has 0 saturated carbocycles. The Labute approximate surface area is 142 Å². The highest BCUT2D eigenvalue weighted by molar-refractivity contribution is 5.98. The predicted molar refractivity (Wildman–Crippen MR) is 84.9 cm³/mol. The first-order chi connectivity index (χ1) is 11.5. The molecule has 2 rings (SSSR count). The van der Waals surface area contributed by atoms with E-state index in [1.165, 1.54) is 6.92 Å². The average molecular weight is 357 g/mol. The van der Waals surface area contributed by atoms with Gasteiger partial charge in [0.1, 0.15) is 6.54 Å². The fourth-order valence-corrected chi connectivity index (χ4v) is 2.59. The van der Waals surface area contributed by atoms with E-state index in [1.807, 2.05) is 0 Å². The average Bonchev–Trinajstić information content (AvgIpc) is 2.81. The van der Waals surface area contributed by atoms with Gasteiger partial charge in [0, 0.05) is 31.3 Å². The first-order valence-corrected chi connectivity index (χ1v) is 7.59. The smallest absolute Gasteiger partial charge is 0.333 e. The van der Waals surface area contributed by atoms with Crippen LogP contribution in [0.2, 0.25) is 0 Å². The number of nitrogens with zero attached hydrogens (tertiary/aromatic N) is 1. The SMILES string of the molecule is CC(=O)Nc1ccc(C)c(NC(=O)C2CC(=O)N(CC(F)(F)F)C2)c1. The van der Waals surface area contributed by atoms with Crippen molar-refractivity contribution in [1.82, 2.24) is 4.90 Å². The lowest BCUT2D eigenvalue weighted by atomic mass is 10.1. The number of aryl methyl sites for hydroxylation is 1. The molecule has 1 aliphatic rings. The lowest BCUT2D eigenvalue weighted by Crippen LogP contribution is -2.36. The molecule has 1 aliphatic heterocycles. The van der Waals surface area contributed by atoms with Gasteiger partial charge in [0.25, 0.3) is 0 Å². The molecule has 0 aliphatic carbocycles. The number of alkyl halides is 3. The van der Waals surface area contributed by atoms with Crippen LogP contribution in [0.15, 0.2) is 18.2 Å². The van der Waals surface area contributed by atoms with E-state index < -0.39 is 30.5 Å². The molecule has 1 heterocycles. The van der Waals surface area contributed by atoms with Crippen LogP contribution >= 0.6 is 0 Å². The molecule has 25 heavy (non-hydrogen) atoms. The number of hydrogen-bond acceptors (Lipinski definition) is 3. The number of benzene rings is 1. The molecule has 0 radical (unpaired) electrons. The molecule has 6 nitrogen and oxygen atoms in total. The Kier molecular flexibility index (Phi) is 5.34. The van der Waals surface area contributed by atoms with E-state index in [-0.39, 0.29) is 18.9 Å². The minimum absolute atomic E-state index is 0.258. The van der Waals surface area contributed by atoms with E-state index in [1.54, 1.807) is 25.1 Å². The van der Waals surface area contributed by atoms with Crippen LogP contribution in [0.1, 0.15) is 18.9 Å². The Hall–Kier alpha value is -2.58. The molecule has 2 N–H and O–H groups in total. The molecule has 1 atom stereocenters. The maximum atomic E-state index is 12.4. The van der Waals surface area contributed by atoms with Gasteiger partial charge < -0.3 is 15.5 Å². The molecule has 136 valence electrons. The zero-order valence-corrected chi connectivity index (χ0v) is 13.7. The second kappa shape index (κ2) is 7.12. The van der Waals surface area contributed by atoms with Crippen molar-refractivity contribution < 1.29 is 27.6 Å². The van der Waals surface area contributed by atoms with Gasteiger partial charge in [0.05, 0.1) is 5.92 Å². The fourth-order valence-electron chi connectivity index (χ4n) is 2.59. The largest absolute Gasteiger partial charge is 0.406 e. The molecular formula is C16H18F3N3O3. The maximum absolute atomic E-state index is 12.4. The summed E-state index contributed by atoms with van der Waals surface area (Å²) in [5.74, 6) is -2.34. The fraction of sp³-hybridized carbons (Fsp3) is 0.438. The summed E-state index contributed by atoms with van der Waals surface area (Å²) in [4.78, 5) is 35.7. The number of amides is 3. The molecule has 1 saturated heterocycles. The number of nitrogens with one attached hydrogen (secondary N) is 2. The van der Waals surface area contributed by atoms with E-state index >= 15 is 0 Å². The van der Waals surface area contributed by atoms with Crippen molar-refractivity contribution >= 4 is 29.1 Å². The van der Waals surface area contributed by atoms with Gasteiger partial charge in [-0.1, -0.05) is 6.07 Å². The molecule has 0 aromatic heterocycles. The number of carbonyl (C=O) groups excluding carboxylic acids is 3. The van der Waals surface area contributed by atoms with Crippen molar-refractivity contribution in [3.8, 4) is 0 Å². The molecule has 0 spiro atoms. The Bertz CT molecular complexity index is 704. The van der Waals surface area contributed by atoms with Crippen LogP contribution < -0.4 is 10.6 Å². The van der Waals surface area contributed by atoms with Crippen LogP contribution in [0.5, 0.6) is 0 Å². The Balaban J connectivity index is 2.05. The van der Waals surface area contributed by atoms with Crippen LogP contribution in [0, 0.1) is 12.8 Å². The van der Waals surface area contributed by atoms with Crippen molar-refractivity contribution in [2.75, 3.05) is 23.7 Å². The monoisotopic (exact) mass is 357 g/mol. The highest BCUT2D eigenvalue weighted by Gasteiger charge is 2.40. The van der Waals surface area contributed by atoms with Crippen molar-refractivity contribution in [2.45, 2.75) is 26.4 Å². The predicted octanol–water partition coefficient (Wildman–Crippen LogP) is 2.30. The summed E-state index contributed by atoms with van der Waals surface area (Å²) in [7, 11) is 0. The summed E-state index contributed by atoms with van der Waals surface area (Å²) >= 11 is 0. The maximum Gasteiger partial charge on any atom is 0.406 e. The first kappa shape index (κ1) is 18.8. The lowest BCUT2D eigenvalue weighted by Gasteiger charge is -2.18. The minimum atomic E-state index is -4.50. The summed E-state index contributed by atoms with van der Waals surface area (Å²) < 4.78 is 37.3. The van der Waals surface area contributed by atoms with E-state index in [0.717, 1.165) is 5.56 Å². The van der Waals surface area contributed by atoms with Crippen LogP contribution in [0.3, 0.4) is 0 Å². The van der Waals surface area contributed by atoms with E-state index in [2.05, 4.69) is 10.6 Å². The highest BCUT2D eigenvalue weighted by atomic mass is 19.4. The van der Waals surface area contributed by atoms with Crippen molar-refractivity contribution in [3.05, 3.63) is 23.8 Å². The normalized spacial score (nSPS) is 17.6. The molecule has 1 aromatic carbocycles. The summed E-state index contributed by atoms with van der Waals surface area (Å²) in [6.45, 7) is 1.46. The van der Waals surface area contributed by atoms with E-state index in [4.69, 9.17) is 0 Å². The number of anilines is 2. The third kappa shape index (κ3) is 5.20. The van der Waals surface area contributed by atoms with E-state index in [0.29, 0.717) is 16.3 Å². The third-order valence-corrected chi connectivity index (χ3v) is 3.77. The minimum Gasteiger partial charge on any atom is -0.333 e. The van der Waals surface area contributed by atoms with Gasteiger partial charge in [-0.2, -0.15) is 13.2 Å². The molecule has 3 amide bonds. The van der Waals surface area contributed by atoms with Crippen LogP contribution in [-0.2, 0) is 14.4 Å². The Morgan fingerprint density at radius 1 is 1.28 bits per heavy atom. The first-order valence-electron chi connectivity index (χ1n) is 7.59. The summed E-state index contributed by atoms with van der Waals surface area (Å²) in [6, 6.07) is 4.91.